The SMILES string of the molecule is Cc1cc(F)c(C2(C(=O)O)CCC2)cc1C(=O)O. The first-order valence-corrected chi connectivity index (χ1v) is 5.66. The highest BCUT2D eigenvalue weighted by molar-refractivity contribution is 5.91. The minimum absolute atomic E-state index is 0.00995. The van der Waals surface area contributed by atoms with Gasteiger partial charge in [0.2, 0.25) is 0 Å². The van der Waals surface area contributed by atoms with Gasteiger partial charge in [0.15, 0.2) is 0 Å². The summed E-state index contributed by atoms with van der Waals surface area (Å²) < 4.78 is 13.9. The summed E-state index contributed by atoms with van der Waals surface area (Å²) in [5, 5.41) is 18.3. The van der Waals surface area contributed by atoms with Crippen LogP contribution in [-0.2, 0) is 10.2 Å². The number of halogens is 1. The Bertz CT molecular complexity index is 532. The van der Waals surface area contributed by atoms with Crippen molar-refractivity contribution in [1.82, 2.24) is 0 Å². The molecule has 0 bridgehead atoms. The molecule has 2 rings (SSSR count). The third kappa shape index (κ3) is 1.66. The first kappa shape index (κ1) is 12.5. The highest BCUT2D eigenvalue weighted by atomic mass is 19.1. The summed E-state index contributed by atoms with van der Waals surface area (Å²) in [6, 6.07) is 2.27. The Labute approximate surface area is 103 Å². The van der Waals surface area contributed by atoms with E-state index in [9.17, 15) is 19.1 Å². The minimum atomic E-state index is -1.25. The van der Waals surface area contributed by atoms with Gasteiger partial charge < -0.3 is 10.2 Å². The molecule has 18 heavy (non-hydrogen) atoms. The smallest absolute Gasteiger partial charge is 0.335 e. The van der Waals surface area contributed by atoms with Crippen molar-refractivity contribution < 1.29 is 24.2 Å². The molecule has 0 aromatic heterocycles. The number of benzene rings is 1. The first-order valence-electron chi connectivity index (χ1n) is 5.66. The van der Waals surface area contributed by atoms with Crippen LogP contribution in [0.1, 0.15) is 40.7 Å². The van der Waals surface area contributed by atoms with Crippen LogP contribution in [0.25, 0.3) is 0 Å². The number of carbonyl (C=O) groups is 2. The second kappa shape index (κ2) is 4.08. The maximum absolute atomic E-state index is 13.9. The summed E-state index contributed by atoms with van der Waals surface area (Å²) in [4.78, 5) is 22.3. The van der Waals surface area contributed by atoms with E-state index in [2.05, 4.69) is 0 Å². The van der Waals surface area contributed by atoms with Gasteiger partial charge in [0.25, 0.3) is 0 Å². The molecule has 1 saturated carbocycles. The lowest BCUT2D eigenvalue weighted by atomic mass is 9.64. The van der Waals surface area contributed by atoms with Gasteiger partial charge in [-0.2, -0.15) is 0 Å². The van der Waals surface area contributed by atoms with E-state index in [0.29, 0.717) is 24.8 Å². The average Bonchev–Trinajstić information content (AvgIpc) is 2.18. The predicted octanol–water partition coefficient (Wildman–Crippen LogP) is 2.34. The Morgan fingerprint density at radius 3 is 2.28 bits per heavy atom. The molecule has 0 heterocycles. The summed E-state index contributed by atoms with van der Waals surface area (Å²) in [6.07, 6.45) is 1.41. The van der Waals surface area contributed by atoms with Crippen molar-refractivity contribution in [1.29, 1.82) is 0 Å². The largest absolute Gasteiger partial charge is 0.481 e. The van der Waals surface area contributed by atoms with Crippen molar-refractivity contribution in [3.8, 4) is 0 Å². The van der Waals surface area contributed by atoms with Crippen molar-refractivity contribution in [2.24, 2.45) is 0 Å². The molecular weight excluding hydrogens is 239 g/mol. The minimum Gasteiger partial charge on any atom is -0.481 e. The van der Waals surface area contributed by atoms with Crippen LogP contribution in [0.2, 0.25) is 0 Å². The summed E-state index contributed by atoms with van der Waals surface area (Å²) in [5.74, 6) is -2.90. The van der Waals surface area contributed by atoms with Crippen molar-refractivity contribution in [2.75, 3.05) is 0 Å². The molecule has 0 atom stereocenters. The fourth-order valence-corrected chi connectivity index (χ4v) is 2.40. The van der Waals surface area contributed by atoms with Gasteiger partial charge in [-0.1, -0.05) is 6.42 Å². The number of hydrogen-bond donors (Lipinski definition) is 2. The lowest BCUT2D eigenvalue weighted by Crippen LogP contribution is -2.43. The zero-order valence-electron chi connectivity index (χ0n) is 9.86. The number of hydrogen-bond acceptors (Lipinski definition) is 2. The molecule has 0 amide bonds. The molecule has 0 unspecified atom stereocenters. The van der Waals surface area contributed by atoms with Gasteiger partial charge in [0.05, 0.1) is 11.0 Å². The number of carboxylic acids is 2. The number of aromatic carboxylic acids is 1. The fraction of sp³-hybridized carbons (Fsp3) is 0.385. The van der Waals surface area contributed by atoms with Crippen molar-refractivity contribution in [2.45, 2.75) is 31.6 Å². The number of aryl methyl sites for hydroxylation is 1. The van der Waals surface area contributed by atoms with Crippen molar-refractivity contribution >= 4 is 11.9 Å². The maximum Gasteiger partial charge on any atom is 0.335 e. The molecule has 0 radical (unpaired) electrons. The molecular formula is C13H13FO4. The van der Waals surface area contributed by atoms with E-state index in [1.807, 2.05) is 0 Å². The van der Waals surface area contributed by atoms with E-state index < -0.39 is 23.2 Å². The van der Waals surface area contributed by atoms with Gasteiger partial charge in [-0.15, -0.1) is 0 Å². The van der Waals surface area contributed by atoms with E-state index in [-0.39, 0.29) is 11.1 Å². The van der Waals surface area contributed by atoms with Gasteiger partial charge in [0, 0.05) is 5.56 Å². The van der Waals surface area contributed by atoms with E-state index in [4.69, 9.17) is 5.11 Å². The van der Waals surface area contributed by atoms with Crippen LogP contribution in [0, 0.1) is 12.7 Å². The van der Waals surface area contributed by atoms with Crippen LogP contribution in [0.4, 0.5) is 4.39 Å². The topological polar surface area (TPSA) is 74.6 Å². The normalized spacial score (nSPS) is 17.0. The first-order chi connectivity index (χ1) is 8.38. The summed E-state index contributed by atoms with van der Waals surface area (Å²) in [7, 11) is 0. The second-order valence-electron chi connectivity index (χ2n) is 4.69. The summed E-state index contributed by atoms with van der Waals surface area (Å²) >= 11 is 0. The third-order valence-corrected chi connectivity index (χ3v) is 3.68. The molecule has 5 heteroatoms. The lowest BCUT2D eigenvalue weighted by molar-refractivity contribution is -0.147. The van der Waals surface area contributed by atoms with Crippen LogP contribution in [0.15, 0.2) is 12.1 Å². The highest BCUT2D eigenvalue weighted by Gasteiger charge is 2.47. The van der Waals surface area contributed by atoms with Crippen LogP contribution in [0.5, 0.6) is 0 Å². The molecule has 0 saturated heterocycles. The van der Waals surface area contributed by atoms with E-state index in [1.165, 1.54) is 13.0 Å². The van der Waals surface area contributed by atoms with E-state index in [0.717, 1.165) is 6.07 Å². The van der Waals surface area contributed by atoms with E-state index >= 15 is 0 Å². The van der Waals surface area contributed by atoms with Crippen LogP contribution < -0.4 is 0 Å². The molecule has 1 aromatic carbocycles. The zero-order chi connectivity index (χ0) is 13.5. The van der Waals surface area contributed by atoms with Crippen LogP contribution in [0.3, 0.4) is 0 Å². The van der Waals surface area contributed by atoms with Crippen LogP contribution >= 0.6 is 0 Å². The molecule has 1 aliphatic rings. The fourth-order valence-electron chi connectivity index (χ4n) is 2.40. The Morgan fingerprint density at radius 1 is 1.28 bits per heavy atom. The molecule has 1 aromatic rings. The summed E-state index contributed by atoms with van der Waals surface area (Å²) in [5.41, 5.74) is -1.01. The lowest BCUT2D eigenvalue weighted by Gasteiger charge is -2.38. The van der Waals surface area contributed by atoms with Gasteiger partial charge in [-0.05, 0) is 37.5 Å². The molecule has 2 N–H and O–H groups in total. The highest BCUT2D eigenvalue weighted by Crippen LogP contribution is 2.45. The van der Waals surface area contributed by atoms with Crippen molar-refractivity contribution in [3.05, 3.63) is 34.6 Å². The molecule has 0 aliphatic heterocycles. The number of aliphatic carboxylic acids is 1. The Hall–Kier alpha value is -1.91. The molecule has 1 fully saturated rings. The van der Waals surface area contributed by atoms with Gasteiger partial charge in [-0.25, -0.2) is 9.18 Å². The average molecular weight is 252 g/mol. The third-order valence-electron chi connectivity index (χ3n) is 3.68. The number of rotatable bonds is 3. The monoisotopic (exact) mass is 252 g/mol. The standard InChI is InChI=1S/C13H13FO4/c1-7-5-10(14)9(6-8(7)11(15)16)13(12(17)18)3-2-4-13/h5-6H,2-4H2,1H3,(H,15,16)(H,17,18). The van der Waals surface area contributed by atoms with Crippen LogP contribution in [-0.4, -0.2) is 22.2 Å². The quantitative estimate of drug-likeness (QED) is 0.865. The van der Waals surface area contributed by atoms with Gasteiger partial charge in [-0.3, -0.25) is 4.79 Å². The van der Waals surface area contributed by atoms with Gasteiger partial charge in [0.1, 0.15) is 5.82 Å². The second-order valence-corrected chi connectivity index (χ2v) is 4.69. The Balaban J connectivity index is 2.60. The maximum atomic E-state index is 13.9. The van der Waals surface area contributed by atoms with Crippen molar-refractivity contribution in [3.63, 3.8) is 0 Å². The Kier molecular flexibility index (Phi) is 2.84. The molecule has 4 nitrogen and oxygen atoms in total. The molecule has 0 spiro atoms. The number of carboxylic acid groups (broad SMARTS) is 2. The summed E-state index contributed by atoms with van der Waals surface area (Å²) in [6.45, 7) is 1.49. The van der Waals surface area contributed by atoms with E-state index in [1.54, 1.807) is 0 Å². The predicted molar refractivity (Wildman–Crippen MR) is 61.3 cm³/mol. The molecule has 96 valence electrons. The van der Waals surface area contributed by atoms with Gasteiger partial charge >= 0.3 is 11.9 Å². The zero-order valence-corrected chi connectivity index (χ0v) is 9.86. The molecule has 1 aliphatic carbocycles. The Morgan fingerprint density at radius 2 is 1.89 bits per heavy atom.